The van der Waals surface area contributed by atoms with Gasteiger partial charge in [0, 0.05) is 5.70 Å². The Morgan fingerprint density at radius 1 is 1.29 bits per heavy atom. The van der Waals surface area contributed by atoms with E-state index in [-0.39, 0.29) is 0 Å². The van der Waals surface area contributed by atoms with E-state index in [1.54, 1.807) is 30.3 Å². The molecule has 0 bridgehead atoms. The lowest BCUT2D eigenvalue weighted by atomic mass is 9.97. The van der Waals surface area contributed by atoms with Gasteiger partial charge in [-0.2, -0.15) is 0 Å². The molecule has 0 aromatic heterocycles. The number of nitrogens with one attached hydrogen (secondary N) is 1. The summed E-state index contributed by atoms with van der Waals surface area (Å²) in [6.45, 7) is 12.1. The van der Waals surface area contributed by atoms with Crippen LogP contribution in [0, 0.1) is 5.92 Å². The van der Waals surface area contributed by atoms with Crippen LogP contribution in [0.2, 0.25) is 0 Å². The zero-order chi connectivity index (χ0) is 15.7. The fourth-order valence-electron chi connectivity index (χ4n) is 1.78. The molecule has 3 nitrogen and oxygen atoms in total. The van der Waals surface area contributed by atoms with Crippen LogP contribution in [0.15, 0.2) is 66.9 Å². The lowest BCUT2D eigenvalue weighted by Crippen LogP contribution is -2.24. The van der Waals surface area contributed by atoms with E-state index in [0.717, 1.165) is 18.4 Å². The Labute approximate surface area is 127 Å². The molecule has 1 aromatic rings. The largest absolute Gasteiger partial charge is 0.417 e. The Bertz CT molecular complexity index is 517. The number of para-hydroxylation sites is 1. The number of amides is 1. The van der Waals surface area contributed by atoms with Crippen molar-refractivity contribution in [2.75, 3.05) is 0 Å². The van der Waals surface area contributed by atoms with Crippen LogP contribution in [0.4, 0.5) is 4.79 Å². The van der Waals surface area contributed by atoms with Crippen LogP contribution in [-0.2, 0) is 0 Å². The van der Waals surface area contributed by atoms with Gasteiger partial charge in [-0.05, 0) is 30.5 Å². The number of hydrogen-bond acceptors (Lipinski definition) is 2. The highest BCUT2D eigenvalue weighted by Gasteiger charge is 2.05. The third-order valence-electron chi connectivity index (χ3n) is 3.07. The van der Waals surface area contributed by atoms with Gasteiger partial charge >= 0.3 is 6.09 Å². The second kappa shape index (κ2) is 8.80. The van der Waals surface area contributed by atoms with Gasteiger partial charge in [0.15, 0.2) is 0 Å². The predicted molar refractivity (Wildman–Crippen MR) is 87.1 cm³/mol. The summed E-state index contributed by atoms with van der Waals surface area (Å²) >= 11 is 0. The van der Waals surface area contributed by atoms with E-state index in [1.807, 2.05) is 12.1 Å². The number of carbonyl (C=O) groups excluding carboxylic acids is 1. The minimum atomic E-state index is -0.553. The van der Waals surface area contributed by atoms with Crippen LogP contribution >= 0.6 is 0 Å². The molecular weight excluding hydrogens is 262 g/mol. The highest BCUT2D eigenvalue weighted by molar-refractivity contribution is 5.72. The summed E-state index contributed by atoms with van der Waals surface area (Å²) < 4.78 is 5.11. The average Bonchev–Trinajstić information content (AvgIpc) is 2.45. The molecular formula is C18H23NO2. The van der Waals surface area contributed by atoms with Crippen molar-refractivity contribution >= 4 is 6.09 Å². The number of ether oxygens (including phenoxy) is 1. The fourth-order valence-corrected chi connectivity index (χ4v) is 1.78. The smallest absolute Gasteiger partial charge is 0.410 e. The van der Waals surface area contributed by atoms with Crippen LogP contribution in [0.3, 0.4) is 0 Å². The van der Waals surface area contributed by atoms with Gasteiger partial charge in [0.1, 0.15) is 5.75 Å². The minimum Gasteiger partial charge on any atom is -0.410 e. The van der Waals surface area contributed by atoms with Gasteiger partial charge in [-0.3, -0.25) is 5.32 Å². The monoisotopic (exact) mass is 285 g/mol. The molecule has 1 amide bonds. The summed E-state index contributed by atoms with van der Waals surface area (Å²) in [6, 6.07) is 8.89. The highest BCUT2D eigenvalue weighted by Crippen LogP contribution is 2.16. The van der Waals surface area contributed by atoms with Gasteiger partial charge in [0.2, 0.25) is 0 Å². The van der Waals surface area contributed by atoms with Crippen molar-refractivity contribution in [2.24, 2.45) is 5.92 Å². The molecule has 0 aliphatic heterocycles. The molecule has 112 valence electrons. The van der Waals surface area contributed by atoms with Crippen molar-refractivity contribution in [3.05, 3.63) is 66.9 Å². The molecule has 0 aliphatic rings. The molecule has 0 saturated heterocycles. The zero-order valence-corrected chi connectivity index (χ0v) is 12.8. The SMILES string of the molecule is C=C(/C=C\C(=C)C(C)CCC)NC(=O)Oc1ccccc1. The molecule has 1 atom stereocenters. The van der Waals surface area contributed by atoms with Crippen molar-refractivity contribution < 1.29 is 9.53 Å². The molecule has 21 heavy (non-hydrogen) atoms. The van der Waals surface area contributed by atoms with Gasteiger partial charge in [-0.15, -0.1) is 0 Å². The Kier molecular flexibility index (Phi) is 7.02. The topological polar surface area (TPSA) is 38.3 Å². The van der Waals surface area contributed by atoms with Gasteiger partial charge in [-0.1, -0.05) is 63.3 Å². The fraction of sp³-hybridized carbons (Fsp3) is 0.278. The molecule has 0 fully saturated rings. The first kappa shape index (κ1) is 16.8. The van der Waals surface area contributed by atoms with Crippen molar-refractivity contribution in [1.29, 1.82) is 0 Å². The summed E-state index contributed by atoms with van der Waals surface area (Å²) in [7, 11) is 0. The zero-order valence-electron chi connectivity index (χ0n) is 12.8. The number of hydrogen-bond donors (Lipinski definition) is 1. The third kappa shape index (κ3) is 6.61. The van der Waals surface area contributed by atoms with E-state index >= 15 is 0 Å². The maximum Gasteiger partial charge on any atom is 0.417 e. The Hall–Kier alpha value is -2.29. The number of rotatable bonds is 7. The Morgan fingerprint density at radius 3 is 2.57 bits per heavy atom. The molecule has 0 heterocycles. The normalized spacial score (nSPS) is 11.9. The molecule has 1 rings (SSSR count). The van der Waals surface area contributed by atoms with E-state index in [0.29, 0.717) is 17.4 Å². The van der Waals surface area contributed by atoms with Crippen LogP contribution in [0.5, 0.6) is 5.75 Å². The third-order valence-corrected chi connectivity index (χ3v) is 3.07. The van der Waals surface area contributed by atoms with Crippen LogP contribution in [0.25, 0.3) is 0 Å². The van der Waals surface area contributed by atoms with E-state index in [2.05, 4.69) is 32.3 Å². The van der Waals surface area contributed by atoms with Crippen molar-refractivity contribution in [3.63, 3.8) is 0 Å². The molecule has 0 spiro atoms. The molecule has 0 aliphatic carbocycles. The molecule has 1 N–H and O–H groups in total. The Balaban J connectivity index is 2.43. The van der Waals surface area contributed by atoms with Crippen molar-refractivity contribution in [1.82, 2.24) is 5.32 Å². The molecule has 3 heteroatoms. The number of carbonyl (C=O) groups is 1. The quantitative estimate of drug-likeness (QED) is 0.728. The molecule has 1 unspecified atom stereocenters. The summed E-state index contributed by atoms with van der Waals surface area (Å²) in [6.07, 6.45) is 5.28. The minimum absolute atomic E-state index is 0.426. The van der Waals surface area contributed by atoms with Crippen molar-refractivity contribution in [3.8, 4) is 5.75 Å². The molecule has 1 aromatic carbocycles. The maximum atomic E-state index is 11.7. The van der Waals surface area contributed by atoms with Crippen LogP contribution < -0.4 is 10.1 Å². The van der Waals surface area contributed by atoms with Gasteiger partial charge in [-0.25, -0.2) is 4.79 Å². The second-order valence-corrected chi connectivity index (χ2v) is 4.95. The van der Waals surface area contributed by atoms with Gasteiger partial charge in [0.25, 0.3) is 0 Å². The van der Waals surface area contributed by atoms with Crippen molar-refractivity contribution in [2.45, 2.75) is 26.7 Å². The van der Waals surface area contributed by atoms with E-state index in [4.69, 9.17) is 4.74 Å². The molecule has 0 saturated carbocycles. The first-order valence-corrected chi connectivity index (χ1v) is 7.12. The average molecular weight is 285 g/mol. The number of benzene rings is 1. The van der Waals surface area contributed by atoms with Gasteiger partial charge in [0.05, 0.1) is 0 Å². The second-order valence-electron chi connectivity index (χ2n) is 4.95. The standard InChI is InChI=1S/C18H23NO2/c1-5-9-14(2)15(3)12-13-16(4)19-18(20)21-17-10-7-6-8-11-17/h6-8,10-14H,3-5,9H2,1-2H3,(H,19,20)/b13-12-. The Morgan fingerprint density at radius 2 is 1.95 bits per heavy atom. The van der Waals surface area contributed by atoms with Crippen LogP contribution in [0.1, 0.15) is 26.7 Å². The lowest BCUT2D eigenvalue weighted by Gasteiger charge is -2.10. The summed E-state index contributed by atoms with van der Waals surface area (Å²) in [5.74, 6) is 0.920. The predicted octanol–water partition coefficient (Wildman–Crippen LogP) is 4.84. The highest BCUT2D eigenvalue weighted by atomic mass is 16.6. The van der Waals surface area contributed by atoms with E-state index in [1.165, 1.54) is 0 Å². The molecule has 0 radical (unpaired) electrons. The lowest BCUT2D eigenvalue weighted by molar-refractivity contribution is 0.204. The first-order valence-electron chi connectivity index (χ1n) is 7.12. The maximum absolute atomic E-state index is 11.7. The number of allylic oxidation sites excluding steroid dienone is 3. The van der Waals surface area contributed by atoms with Gasteiger partial charge < -0.3 is 4.74 Å². The summed E-state index contributed by atoms with van der Waals surface area (Å²) in [5, 5.41) is 2.57. The van der Waals surface area contributed by atoms with E-state index in [9.17, 15) is 4.79 Å². The van der Waals surface area contributed by atoms with Crippen LogP contribution in [-0.4, -0.2) is 6.09 Å². The van der Waals surface area contributed by atoms with E-state index < -0.39 is 6.09 Å². The summed E-state index contributed by atoms with van der Waals surface area (Å²) in [4.78, 5) is 11.7. The first-order chi connectivity index (χ1) is 10.0. The summed E-state index contributed by atoms with van der Waals surface area (Å²) in [5.41, 5.74) is 1.50.